The van der Waals surface area contributed by atoms with Crippen LogP contribution in [0.5, 0.6) is 0 Å². The first-order chi connectivity index (χ1) is 7.16. The molecule has 2 heterocycles. The summed E-state index contributed by atoms with van der Waals surface area (Å²) in [5, 5.41) is 10.0. The lowest BCUT2D eigenvalue weighted by Gasteiger charge is -2.26. The summed E-state index contributed by atoms with van der Waals surface area (Å²) in [6.45, 7) is 5.92. The van der Waals surface area contributed by atoms with Crippen molar-refractivity contribution in [2.75, 3.05) is 13.1 Å². The topological polar surface area (TPSA) is 68.2 Å². The largest absolute Gasteiger partial charge is 0.425 e. The van der Waals surface area contributed by atoms with Gasteiger partial charge >= 0.3 is 0 Å². The van der Waals surface area contributed by atoms with E-state index >= 15 is 0 Å². The van der Waals surface area contributed by atoms with Gasteiger partial charge < -0.3 is 4.42 Å². The van der Waals surface area contributed by atoms with Crippen molar-refractivity contribution >= 4 is 0 Å². The minimum Gasteiger partial charge on any atom is -0.425 e. The first-order valence-corrected chi connectivity index (χ1v) is 5.49. The number of hydrogen-bond acceptors (Lipinski definition) is 5. The average molecular weight is 210 g/mol. The van der Waals surface area contributed by atoms with Crippen LogP contribution in [0.2, 0.25) is 0 Å². The van der Waals surface area contributed by atoms with Crippen LogP contribution in [-0.2, 0) is 0 Å². The Hall–Kier alpha value is -0.940. The lowest BCUT2D eigenvalue weighted by atomic mass is 9.98. The number of nitrogens with zero attached hydrogens (tertiary/aromatic N) is 3. The minimum absolute atomic E-state index is 0.306. The van der Waals surface area contributed by atoms with Crippen molar-refractivity contribution in [2.24, 2.45) is 5.84 Å². The molecule has 0 radical (unpaired) electrons. The monoisotopic (exact) mass is 210 g/mol. The summed E-state index contributed by atoms with van der Waals surface area (Å²) < 4.78 is 5.64. The van der Waals surface area contributed by atoms with Gasteiger partial charge in [0.1, 0.15) is 0 Å². The Balaban J connectivity index is 2.03. The van der Waals surface area contributed by atoms with Crippen LogP contribution in [-0.4, -0.2) is 28.3 Å². The normalized spacial score (nSPS) is 20.0. The molecule has 5 heteroatoms. The van der Waals surface area contributed by atoms with Crippen molar-refractivity contribution in [3.05, 3.63) is 11.8 Å². The highest BCUT2D eigenvalue weighted by Gasteiger charge is 2.24. The molecule has 0 atom stereocenters. The van der Waals surface area contributed by atoms with E-state index in [4.69, 9.17) is 10.3 Å². The Labute approximate surface area is 89.6 Å². The summed E-state index contributed by atoms with van der Waals surface area (Å²) in [4.78, 5) is 0. The van der Waals surface area contributed by atoms with E-state index in [1.807, 2.05) is 5.01 Å². The van der Waals surface area contributed by atoms with Crippen molar-refractivity contribution in [3.63, 3.8) is 0 Å². The Morgan fingerprint density at radius 2 is 2.00 bits per heavy atom. The van der Waals surface area contributed by atoms with Crippen molar-refractivity contribution in [3.8, 4) is 0 Å². The summed E-state index contributed by atoms with van der Waals surface area (Å²) >= 11 is 0. The van der Waals surface area contributed by atoms with Crippen LogP contribution in [0.1, 0.15) is 50.3 Å². The zero-order valence-corrected chi connectivity index (χ0v) is 9.31. The second kappa shape index (κ2) is 4.28. The molecule has 0 amide bonds. The molecule has 1 aromatic rings. The van der Waals surface area contributed by atoms with E-state index < -0.39 is 0 Å². The Bertz CT molecular complexity index is 315. The maximum Gasteiger partial charge on any atom is 0.219 e. The molecule has 1 aromatic heterocycles. The fourth-order valence-corrected chi connectivity index (χ4v) is 1.79. The van der Waals surface area contributed by atoms with E-state index in [1.165, 1.54) is 0 Å². The summed E-state index contributed by atoms with van der Waals surface area (Å²) in [5.74, 6) is 7.92. The quantitative estimate of drug-likeness (QED) is 0.744. The molecule has 5 nitrogen and oxygen atoms in total. The third kappa shape index (κ3) is 2.35. The van der Waals surface area contributed by atoms with Gasteiger partial charge in [0, 0.05) is 24.9 Å². The fourth-order valence-electron chi connectivity index (χ4n) is 1.79. The molecule has 1 saturated heterocycles. The van der Waals surface area contributed by atoms with Gasteiger partial charge in [-0.3, -0.25) is 5.84 Å². The Morgan fingerprint density at radius 1 is 1.33 bits per heavy atom. The van der Waals surface area contributed by atoms with Gasteiger partial charge in [0.25, 0.3) is 0 Å². The van der Waals surface area contributed by atoms with Crippen molar-refractivity contribution in [2.45, 2.75) is 38.5 Å². The molecule has 2 rings (SSSR count). The highest BCUT2D eigenvalue weighted by molar-refractivity contribution is 4.95. The SMILES string of the molecule is CC(C)c1nnc(C2CCN(N)CC2)o1. The molecule has 0 spiro atoms. The molecule has 1 aliphatic heterocycles. The van der Waals surface area contributed by atoms with Gasteiger partial charge in [0.2, 0.25) is 11.8 Å². The molecular formula is C10H18N4O. The van der Waals surface area contributed by atoms with Crippen molar-refractivity contribution < 1.29 is 4.42 Å². The smallest absolute Gasteiger partial charge is 0.219 e. The predicted octanol–water partition coefficient (Wildman–Crippen LogP) is 1.25. The van der Waals surface area contributed by atoms with Crippen LogP contribution in [0.15, 0.2) is 4.42 Å². The van der Waals surface area contributed by atoms with E-state index in [9.17, 15) is 0 Å². The standard InChI is InChI=1S/C10H18N4O/c1-7(2)9-12-13-10(15-9)8-3-5-14(11)6-4-8/h7-8H,3-6,11H2,1-2H3. The summed E-state index contributed by atoms with van der Waals surface area (Å²) in [7, 11) is 0. The van der Waals surface area contributed by atoms with E-state index in [0.29, 0.717) is 11.8 Å². The second-order valence-corrected chi connectivity index (χ2v) is 4.44. The van der Waals surface area contributed by atoms with Gasteiger partial charge in [-0.05, 0) is 12.8 Å². The molecule has 0 aromatic carbocycles. The van der Waals surface area contributed by atoms with Crippen LogP contribution >= 0.6 is 0 Å². The van der Waals surface area contributed by atoms with E-state index in [-0.39, 0.29) is 0 Å². The van der Waals surface area contributed by atoms with Crippen LogP contribution in [0.25, 0.3) is 0 Å². The van der Waals surface area contributed by atoms with Gasteiger partial charge in [-0.2, -0.15) is 0 Å². The highest BCUT2D eigenvalue weighted by Crippen LogP contribution is 2.27. The van der Waals surface area contributed by atoms with Crippen LogP contribution in [0.4, 0.5) is 0 Å². The fraction of sp³-hybridized carbons (Fsp3) is 0.800. The lowest BCUT2D eigenvalue weighted by molar-refractivity contribution is 0.202. The van der Waals surface area contributed by atoms with Gasteiger partial charge in [-0.1, -0.05) is 13.8 Å². The first-order valence-electron chi connectivity index (χ1n) is 5.49. The number of nitrogens with two attached hydrogens (primary N) is 1. The van der Waals surface area contributed by atoms with Gasteiger partial charge in [-0.25, -0.2) is 5.01 Å². The predicted molar refractivity (Wildman–Crippen MR) is 56.1 cm³/mol. The Morgan fingerprint density at radius 3 is 2.53 bits per heavy atom. The molecule has 0 unspecified atom stereocenters. The highest BCUT2D eigenvalue weighted by atomic mass is 16.4. The minimum atomic E-state index is 0.306. The molecule has 1 fully saturated rings. The van der Waals surface area contributed by atoms with Crippen LogP contribution in [0, 0.1) is 0 Å². The van der Waals surface area contributed by atoms with E-state index in [2.05, 4.69) is 24.0 Å². The van der Waals surface area contributed by atoms with Gasteiger partial charge in [0.05, 0.1) is 0 Å². The summed E-state index contributed by atoms with van der Waals surface area (Å²) in [6.07, 6.45) is 2.02. The van der Waals surface area contributed by atoms with Gasteiger partial charge in [0.15, 0.2) is 0 Å². The third-order valence-corrected chi connectivity index (χ3v) is 2.83. The zero-order valence-electron chi connectivity index (χ0n) is 9.31. The number of hydrogen-bond donors (Lipinski definition) is 1. The molecule has 0 saturated carbocycles. The number of rotatable bonds is 2. The van der Waals surface area contributed by atoms with Crippen molar-refractivity contribution in [1.29, 1.82) is 0 Å². The molecular weight excluding hydrogens is 192 g/mol. The average Bonchev–Trinajstić information content (AvgIpc) is 2.68. The lowest BCUT2D eigenvalue weighted by Crippen LogP contribution is -2.38. The van der Waals surface area contributed by atoms with Crippen LogP contribution in [0.3, 0.4) is 0 Å². The molecule has 1 aliphatic rings. The summed E-state index contributed by atoms with van der Waals surface area (Å²) in [6, 6.07) is 0. The number of piperidine rings is 1. The second-order valence-electron chi connectivity index (χ2n) is 4.44. The van der Waals surface area contributed by atoms with Gasteiger partial charge in [-0.15, -0.1) is 10.2 Å². The zero-order chi connectivity index (χ0) is 10.8. The third-order valence-electron chi connectivity index (χ3n) is 2.83. The first kappa shape index (κ1) is 10.6. The molecule has 0 bridgehead atoms. The summed E-state index contributed by atoms with van der Waals surface area (Å²) in [5.41, 5.74) is 0. The van der Waals surface area contributed by atoms with Crippen molar-refractivity contribution in [1.82, 2.24) is 15.2 Å². The van der Waals surface area contributed by atoms with E-state index in [1.54, 1.807) is 0 Å². The molecule has 15 heavy (non-hydrogen) atoms. The Kier molecular flexibility index (Phi) is 3.02. The van der Waals surface area contributed by atoms with Crippen LogP contribution < -0.4 is 5.84 Å². The van der Waals surface area contributed by atoms with E-state index in [0.717, 1.165) is 37.7 Å². The molecule has 0 aliphatic carbocycles. The maximum absolute atomic E-state index is 5.70. The molecule has 84 valence electrons. The maximum atomic E-state index is 5.70. The number of aromatic nitrogens is 2. The molecule has 2 N–H and O–H groups in total. The number of hydrazine groups is 1.